The first-order valence-electron chi connectivity index (χ1n) is 4.79. The maximum Gasteiger partial charge on any atom is 0.455 e. The molecule has 3 N–H and O–H groups in total. The Kier molecular flexibility index (Phi) is 4.16. The third-order valence-corrected chi connectivity index (χ3v) is 2.69. The van der Waals surface area contributed by atoms with E-state index in [4.69, 9.17) is 17.3 Å². The van der Waals surface area contributed by atoms with Crippen LogP contribution in [0.3, 0.4) is 0 Å². The molecule has 0 fully saturated rings. The highest BCUT2D eigenvalue weighted by molar-refractivity contribution is 6.32. The molecule has 0 spiro atoms. The monoisotopic (exact) mass is 305 g/mol. The third-order valence-electron chi connectivity index (χ3n) is 2.40. The van der Waals surface area contributed by atoms with Crippen molar-refractivity contribution in [1.82, 2.24) is 0 Å². The first-order chi connectivity index (χ1) is 8.52. The highest BCUT2D eigenvalue weighted by Gasteiger charge is 2.61. The highest BCUT2D eigenvalue weighted by atomic mass is 35.5. The lowest BCUT2D eigenvalue weighted by atomic mass is 10.0. The summed E-state index contributed by atoms with van der Waals surface area (Å²) >= 11 is 5.49. The Hall–Kier alpha value is -1.28. The summed E-state index contributed by atoms with van der Waals surface area (Å²) in [6, 6.07) is -1.17. The number of halogens is 6. The van der Waals surface area contributed by atoms with Gasteiger partial charge in [0.15, 0.2) is 11.5 Å². The van der Waals surface area contributed by atoms with Crippen LogP contribution in [0.25, 0.3) is 0 Å². The van der Waals surface area contributed by atoms with Crippen LogP contribution in [0.1, 0.15) is 11.6 Å². The van der Waals surface area contributed by atoms with Gasteiger partial charge in [0.2, 0.25) is 0 Å². The number of aromatic hydroxyl groups is 1. The number of phenols is 1. The van der Waals surface area contributed by atoms with Crippen molar-refractivity contribution in [2.45, 2.75) is 18.1 Å². The van der Waals surface area contributed by atoms with Gasteiger partial charge in [-0.1, -0.05) is 11.6 Å². The minimum absolute atomic E-state index is 0.351. The summed E-state index contributed by atoms with van der Waals surface area (Å²) in [7, 11) is 1.09. The van der Waals surface area contributed by atoms with Gasteiger partial charge in [-0.2, -0.15) is 22.0 Å². The number of alkyl halides is 5. The Morgan fingerprint density at radius 2 is 1.79 bits per heavy atom. The molecule has 1 atom stereocenters. The summed E-state index contributed by atoms with van der Waals surface area (Å²) in [4.78, 5) is 0. The minimum Gasteiger partial charge on any atom is -0.503 e. The molecule has 1 rings (SSSR count). The summed E-state index contributed by atoms with van der Waals surface area (Å²) in [5, 5.41) is 8.92. The van der Waals surface area contributed by atoms with Crippen molar-refractivity contribution < 1.29 is 31.8 Å². The van der Waals surface area contributed by atoms with Crippen molar-refractivity contribution in [3.05, 3.63) is 22.7 Å². The molecule has 108 valence electrons. The zero-order chi connectivity index (χ0) is 15.0. The molecule has 19 heavy (non-hydrogen) atoms. The molecule has 0 saturated heterocycles. The molecule has 1 aromatic rings. The standard InChI is InChI=1S/C10H9ClF5NO2/c1-19-6-3-4(2-5(11)7(6)18)8(17)9(12,13)10(14,15)16/h2-3,8,18H,17H2,1H3/t8-/m0/s1. The summed E-state index contributed by atoms with van der Waals surface area (Å²) in [6.45, 7) is 0. The zero-order valence-corrected chi connectivity index (χ0v) is 10.2. The average molecular weight is 306 g/mol. The van der Waals surface area contributed by atoms with Crippen molar-refractivity contribution in [3.63, 3.8) is 0 Å². The van der Waals surface area contributed by atoms with Crippen LogP contribution < -0.4 is 10.5 Å². The molecular weight excluding hydrogens is 297 g/mol. The molecule has 1 aromatic carbocycles. The van der Waals surface area contributed by atoms with Gasteiger partial charge in [-0.3, -0.25) is 0 Å². The van der Waals surface area contributed by atoms with E-state index in [0.29, 0.717) is 0 Å². The van der Waals surface area contributed by atoms with E-state index in [1.54, 1.807) is 0 Å². The lowest BCUT2D eigenvalue weighted by Gasteiger charge is -2.26. The van der Waals surface area contributed by atoms with Crippen molar-refractivity contribution >= 4 is 11.6 Å². The molecule has 0 bridgehead atoms. The molecule has 9 heteroatoms. The number of hydrogen-bond donors (Lipinski definition) is 2. The Bertz CT molecular complexity index is 478. The summed E-state index contributed by atoms with van der Waals surface area (Å²) in [5.41, 5.74) is 4.33. The summed E-state index contributed by atoms with van der Waals surface area (Å²) < 4.78 is 67.3. The van der Waals surface area contributed by atoms with Gasteiger partial charge in [-0.05, 0) is 17.7 Å². The van der Waals surface area contributed by atoms with E-state index in [-0.39, 0.29) is 5.75 Å². The van der Waals surface area contributed by atoms with Crippen LogP contribution in [0.2, 0.25) is 5.02 Å². The van der Waals surface area contributed by atoms with E-state index >= 15 is 0 Å². The van der Waals surface area contributed by atoms with Crippen LogP contribution >= 0.6 is 11.6 Å². The molecule has 0 aliphatic heterocycles. The van der Waals surface area contributed by atoms with Gasteiger partial charge >= 0.3 is 12.1 Å². The first-order valence-corrected chi connectivity index (χ1v) is 5.16. The molecule has 3 nitrogen and oxygen atoms in total. The van der Waals surface area contributed by atoms with E-state index in [9.17, 15) is 27.1 Å². The maximum atomic E-state index is 13.1. The van der Waals surface area contributed by atoms with Crippen molar-refractivity contribution in [2.24, 2.45) is 5.73 Å². The van der Waals surface area contributed by atoms with Crippen LogP contribution in [0, 0.1) is 0 Å². The van der Waals surface area contributed by atoms with Crippen LogP contribution in [0.15, 0.2) is 12.1 Å². The van der Waals surface area contributed by atoms with E-state index in [2.05, 4.69) is 4.74 Å². The van der Waals surface area contributed by atoms with Crippen LogP contribution in [-0.4, -0.2) is 24.3 Å². The second-order valence-corrected chi connectivity index (χ2v) is 4.06. The van der Waals surface area contributed by atoms with Gasteiger partial charge < -0.3 is 15.6 Å². The number of benzene rings is 1. The number of ether oxygens (including phenoxy) is 1. The largest absolute Gasteiger partial charge is 0.503 e. The molecular formula is C10H9ClF5NO2. The highest BCUT2D eigenvalue weighted by Crippen LogP contribution is 2.45. The number of methoxy groups -OCH3 is 1. The molecule has 0 aromatic heterocycles. The summed E-state index contributed by atoms with van der Waals surface area (Å²) in [6.07, 6.45) is -5.80. The van der Waals surface area contributed by atoms with Gasteiger partial charge in [0.25, 0.3) is 0 Å². The van der Waals surface area contributed by atoms with Crippen molar-refractivity contribution in [1.29, 1.82) is 0 Å². The molecule has 0 heterocycles. The first kappa shape index (κ1) is 15.8. The molecule has 0 radical (unpaired) electrons. The average Bonchev–Trinajstić information content (AvgIpc) is 2.30. The fourth-order valence-electron chi connectivity index (χ4n) is 1.31. The van der Waals surface area contributed by atoms with E-state index in [1.165, 1.54) is 0 Å². The predicted molar refractivity (Wildman–Crippen MR) is 57.6 cm³/mol. The van der Waals surface area contributed by atoms with Gasteiger partial charge in [0, 0.05) is 0 Å². The van der Waals surface area contributed by atoms with E-state index in [0.717, 1.165) is 19.2 Å². The number of rotatable bonds is 3. The Labute approximate surface area is 109 Å². The fraction of sp³-hybridized carbons (Fsp3) is 0.400. The maximum absolute atomic E-state index is 13.1. The summed E-state index contributed by atoms with van der Waals surface area (Å²) in [5.74, 6) is -6.07. The van der Waals surface area contributed by atoms with Crippen LogP contribution in [-0.2, 0) is 0 Å². The van der Waals surface area contributed by atoms with Crippen molar-refractivity contribution in [2.75, 3.05) is 7.11 Å². The molecule has 0 aliphatic rings. The molecule has 0 amide bonds. The van der Waals surface area contributed by atoms with Gasteiger partial charge in [-0.15, -0.1) is 0 Å². The van der Waals surface area contributed by atoms with Crippen LogP contribution in [0.5, 0.6) is 11.5 Å². The normalized spacial score (nSPS) is 14.3. The van der Waals surface area contributed by atoms with Gasteiger partial charge in [-0.25, -0.2) is 0 Å². The van der Waals surface area contributed by atoms with E-state index < -0.39 is 34.5 Å². The second-order valence-electron chi connectivity index (χ2n) is 3.65. The van der Waals surface area contributed by atoms with E-state index in [1.807, 2.05) is 0 Å². The number of phenolic OH excluding ortho intramolecular Hbond substituents is 1. The Balaban J connectivity index is 3.28. The molecule has 0 saturated carbocycles. The van der Waals surface area contributed by atoms with Gasteiger partial charge in [0.1, 0.15) is 6.04 Å². The minimum atomic E-state index is -5.80. The smallest absolute Gasteiger partial charge is 0.455 e. The van der Waals surface area contributed by atoms with Crippen LogP contribution in [0.4, 0.5) is 22.0 Å². The van der Waals surface area contributed by atoms with Crippen molar-refractivity contribution in [3.8, 4) is 11.5 Å². The zero-order valence-electron chi connectivity index (χ0n) is 9.43. The Morgan fingerprint density at radius 3 is 2.21 bits per heavy atom. The topological polar surface area (TPSA) is 55.5 Å². The fourth-order valence-corrected chi connectivity index (χ4v) is 1.53. The number of nitrogens with two attached hydrogens (primary N) is 1. The van der Waals surface area contributed by atoms with Gasteiger partial charge in [0.05, 0.1) is 12.1 Å². The SMILES string of the molecule is COc1cc([C@H](N)C(F)(F)C(F)(F)F)cc(Cl)c1O. The third kappa shape index (κ3) is 2.84. The predicted octanol–water partition coefficient (Wildman–Crippen LogP) is 3.25. The Morgan fingerprint density at radius 1 is 1.26 bits per heavy atom. The lowest BCUT2D eigenvalue weighted by molar-refractivity contribution is -0.291. The quantitative estimate of drug-likeness (QED) is 0.843. The number of hydrogen-bond acceptors (Lipinski definition) is 3. The molecule has 0 unspecified atom stereocenters. The molecule has 0 aliphatic carbocycles. The lowest BCUT2D eigenvalue weighted by Crippen LogP contribution is -2.45. The second kappa shape index (κ2) is 5.01.